The Hall–Kier alpha value is -0.870. The summed E-state index contributed by atoms with van der Waals surface area (Å²) in [5.74, 6) is 0. The molecule has 2 fully saturated rings. The standard InChI is InChI=1S/C14H24N4/c1-15-12-10-13-4-5-14(11-12)18(13)9-3-8-17-7-2-6-16-17/h2,6-7,12-15H,3-5,8-11H2,1H3. The summed E-state index contributed by atoms with van der Waals surface area (Å²) >= 11 is 0. The highest BCUT2D eigenvalue weighted by atomic mass is 15.3. The molecule has 0 aromatic carbocycles. The van der Waals surface area contributed by atoms with Crippen molar-refractivity contribution in [1.29, 1.82) is 0 Å². The van der Waals surface area contributed by atoms with Gasteiger partial charge in [-0.2, -0.15) is 5.10 Å². The molecule has 0 saturated carbocycles. The van der Waals surface area contributed by atoms with Crippen molar-refractivity contribution >= 4 is 0 Å². The maximum atomic E-state index is 4.27. The fourth-order valence-electron chi connectivity index (χ4n) is 3.72. The Morgan fingerprint density at radius 1 is 1.22 bits per heavy atom. The lowest BCUT2D eigenvalue weighted by molar-refractivity contribution is 0.116. The van der Waals surface area contributed by atoms with Crippen LogP contribution in [0.25, 0.3) is 0 Å². The number of hydrogen-bond donors (Lipinski definition) is 1. The van der Waals surface area contributed by atoms with Crippen molar-refractivity contribution in [3.05, 3.63) is 18.5 Å². The highest BCUT2D eigenvalue weighted by Crippen LogP contribution is 2.35. The van der Waals surface area contributed by atoms with E-state index in [1.54, 1.807) is 0 Å². The highest BCUT2D eigenvalue weighted by molar-refractivity contribution is 4.97. The van der Waals surface area contributed by atoms with Gasteiger partial charge in [-0.25, -0.2) is 0 Å². The van der Waals surface area contributed by atoms with Gasteiger partial charge in [0.25, 0.3) is 0 Å². The van der Waals surface area contributed by atoms with Crippen LogP contribution in [-0.4, -0.2) is 46.4 Å². The van der Waals surface area contributed by atoms with E-state index in [1.807, 2.05) is 16.9 Å². The minimum Gasteiger partial charge on any atom is -0.317 e. The maximum absolute atomic E-state index is 4.27. The molecule has 100 valence electrons. The Kier molecular flexibility index (Phi) is 3.66. The Bertz CT molecular complexity index is 348. The SMILES string of the molecule is CNC1CC2CCC(C1)N2CCCn1cccn1. The van der Waals surface area contributed by atoms with E-state index >= 15 is 0 Å². The molecule has 3 rings (SSSR count). The number of rotatable bonds is 5. The molecule has 4 heteroatoms. The molecule has 2 aliphatic heterocycles. The van der Waals surface area contributed by atoms with Crippen molar-refractivity contribution in [2.75, 3.05) is 13.6 Å². The summed E-state index contributed by atoms with van der Waals surface area (Å²) < 4.78 is 2.04. The topological polar surface area (TPSA) is 33.1 Å². The van der Waals surface area contributed by atoms with E-state index in [9.17, 15) is 0 Å². The summed E-state index contributed by atoms with van der Waals surface area (Å²) in [6.07, 6.45) is 10.6. The Balaban J connectivity index is 1.49. The van der Waals surface area contributed by atoms with Crippen LogP contribution in [0.15, 0.2) is 18.5 Å². The van der Waals surface area contributed by atoms with Crippen molar-refractivity contribution in [1.82, 2.24) is 20.0 Å². The number of hydrogen-bond acceptors (Lipinski definition) is 3. The molecule has 2 atom stereocenters. The molecule has 3 heterocycles. The van der Waals surface area contributed by atoms with E-state index in [1.165, 1.54) is 38.6 Å². The Morgan fingerprint density at radius 2 is 2.00 bits per heavy atom. The predicted molar refractivity (Wildman–Crippen MR) is 72.4 cm³/mol. The monoisotopic (exact) mass is 248 g/mol. The number of aromatic nitrogens is 2. The molecule has 0 aliphatic carbocycles. The summed E-state index contributed by atoms with van der Waals surface area (Å²) in [6, 6.07) is 4.42. The molecule has 1 N–H and O–H groups in total. The minimum absolute atomic E-state index is 0.755. The van der Waals surface area contributed by atoms with Crippen molar-refractivity contribution in [2.45, 2.75) is 56.8 Å². The zero-order chi connectivity index (χ0) is 12.4. The fourth-order valence-corrected chi connectivity index (χ4v) is 3.72. The van der Waals surface area contributed by atoms with Crippen molar-refractivity contribution in [2.24, 2.45) is 0 Å². The van der Waals surface area contributed by atoms with Crippen molar-refractivity contribution in [3.8, 4) is 0 Å². The molecule has 0 radical (unpaired) electrons. The van der Waals surface area contributed by atoms with Crippen LogP contribution in [0.2, 0.25) is 0 Å². The first-order valence-electron chi connectivity index (χ1n) is 7.27. The second-order valence-corrected chi connectivity index (χ2v) is 5.70. The lowest BCUT2D eigenvalue weighted by atomic mass is 9.97. The molecular formula is C14H24N4. The average molecular weight is 248 g/mol. The van der Waals surface area contributed by atoms with Crippen LogP contribution in [0.3, 0.4) is 0 Å². The van der Waals surface area contributed by atoms with Crippen LogP contribution in [0.4, 0.5) is 0 Å². The smallest absolute Gasteiger partial charge is 0.0489 e. The van der Waals surface area contributed by atoms with Gasteiger partial charge in [0.2, 0.25) is 0 Å². The van der Waals surface area contributed by atoms with Crippen molar-refractivity contribution in [3.63, 3.8) is 0 Å². The summed E-state index contributed by atoms with van der Waals surface area (Å²) in [4.78, 5) is 2.76. The maximum Gasteiger partial charge on any atom is 0.0489 e. The molecule has 2 aliphatic rings. The fraction of sp³-hybridized carbons (Fsp3) is 0.786. The highest BCUT2D eigenvalue weighted by Gasteiger charge is 2.39. The summed E-state index contributed by atoms with van der Waals surface area (Å²) in [5.41, 5.74) is 0. The van der Waals surface area contributed by atoms with Gasteiger partial charge in [-0.1, -0.05) is 0 Å². The molecule has 2 bridgehead atoms. The van der Waals surface area contributed by atoms with Crippen LogP contribution in [0, 0.1) is 0 Å². The van der Waals surface area contributed by atoms with Crippen LogP contribution in [-0.2, 0) is 6.54 Å². The van der Waals surface area contributed by atoms with Gasteiger partial charge in [-0.15, -0.1) is 0 Å². The van der Waals surface area contributed by atoms with Crippen LogP contribution < -0.4 is 5.32 Å². The first-order valence-corrected chi connectivity index (χ1v) is 7.27. The minimum atomic E-state index is 0.755. The van der Waals surface area contributed by atoms with E-state index in [4.69, 9.17) is 0 Å². The lowest BCUT2D eigenvalue weighted by Gasteiger charge is -2.38. The second-order valence-electron chi connectivity index (χ2n) is 5.70. The largest absolute Gasteiger partial charge is 0.317 e. The van der Waals surface area contributed by atoms with E-state index < -0.39 is 0 Å². The Labute approximate surface area is 109 Å². The van der Waals surface area contributed by atoms with E-state index in [2.05, 4.69) is 28.6 Å². The van der Waals surface area contributed by atoms with Gasteiger partial charge in [0.1, 0.15) is 0 Å². The van der Waals surface area contributed by atoms with Gasteiger partial charge < -0.3 is 5.32 Å². The second kappa shape index (κ2) is 5.41. The number of fused-ring (bicyclic) bond motifs is 2. The number of aryl methyl sites for hydroxylation is 1. The third-order valence-electron chi connectivity index (χ3n) is 4.66. The number of nitrogens with one attached hydrogen (secondary N) is 1. The normalized spacial score (nSPS) is 31.9. The molecule has 4 nitrogen and oxygen atoms in total. The quantitative estimate of drug-likeness (QED) is 0.857. The summed E-state index contributed by atoms with van der Waals surface area (Å²) in [5, 5.41) is 7.73. The zero-order valence-corrected chi connectivity index (χ0v) is 11.3. The first-order chi connectivity index (χ1) is 8.86. The lowest BCUT2D eigenvalue weighted by Crippen LogP contribution is -2.48. The van der Waals surface area contributed by atoms with Crippen LogP contribution in [0.1, 0.15) is 32.1 Å². The predicted octanol–water partition coefficient (Wildman–Crippen LogP) is 1.49. The molecule has 2 saturated heterocycles. The summed E-state index contributed by atoms with van der Waals surface area (Å²) in [6.45, 7) is 2.30. The van der Waals surface area contributed by atoms with Crippen LogP contribution >= 0.6 is 0 Å². The van der Waals surface area contributed by atoms with Gasteiger partial charge in [0.15, 0.2) is 0 Å². The number of piperidine rings is 1. The molecule has 1 aromatic heterocycles. The Morgan fingerprint density at radius 3 is 2.61 bits per heavy atom. The zero-order valence-electron chi connectivity index (χ0n) is 11.3. The van der Waals surface area contributed by atoms with Gasteiger partial charge >= 0.3 is 0 Å². The molecule has 0 amide bonds. The van der Waals surface area contributed by atoms with Crippen molar-refractivity contribution < 1.29 is 0 Å². The van der Waals surface area contributed by atoms with Gasteiger partial charge in [0, 0.05) is 43.6 Å². The molecular weight excluding hydrogens is 224 g/mol. The van der Waals surface area contributed by atoms with Gasteiger partial charge in [-0.05, 0) is 45.2 Å². The molecule has 0 spiro atoms. The van der Waals surface area contributed by atoms with Gasteiger partial charge in [-0.3, -0.25) is 9.58 Å². The average Bonchev–Trinajstić information content (AvgIpc) is 2.97. The van der Waals surface area contributed by atoms with E-state index in [-0.39, 0.29) is 0 Å². The third-order valence-corrected chi connectivity index (χ3v) is 4.66. The number of nitrogens with zero attached hydrogens (tertiary/aromatic N) is 3. The molecule has 18 heavy (non-hydrogen) atoms. The van der Waals surface area contributed by atoms with E-state index in [0.29, 0.717) is 0 Å². The van der Waals surface area contributed by atoms with Gasteiger partial charge in [0.05, 0.1) is 0 Å². The molecule has 1 aromatic rings. The van der Waals surface area contributed by atoms with Crippen LogP contribution in [0.5, 0.6) is 0 Å². The first kappa shape index (κ1) is 12.2. The summed E-state index contributed by atoms with van der Waals surface area (Å²) in [7, 11) is 2.11. The van der Waals surface area contributed by atoms with E-state index in [0.717, 1.165) is 24.7 Å². The molecule has 2 unspecified atom stereocenters. The third kappa shape index (κ3) is 2.45.